The molecule has 0 bridgehead atoms. The first-order valence-corrected chi connectivity index (χ1v) is 4.95. The molecule has 0 saturated carbocycles. The molecule has 72 valence electrons. The summed E-state index contributed by atoms with van der Waals surface area (Å²) in [6.45, 7) is 4.29. The van der Waals surface area contributed by atoms with Gasteiger partial charge < -0.3 is 4.42 Å². The molecule has 1 aromatic heterocycles. The minimum absolute atomic E-state index is 0.972. The molecule has 1 heteroatoms. The van der Waals surface area contributed by atoms with E-state index in [4.69, 9.17) is 4.42 Å². The van der Waals surface area contributed by atoms with Gasteiger partial charge in [0.05, 0.1) is 6.26 Å². The molecule has 2 rings (SSSR count). The summed E-state index contributed by atoms with van der Waals surface area (Å²) < 4.78 is 5.44. The number of rotatable bonds is 2. The molecule has 0 aliphatic rings. The number of furan rings is 1. The van der Waals surface area contributed by atoms with E-state index in [9.17, 15) is 0 Å². The number of hydrogen-bond donors (Lipinski definition) is 0. The van der Waals surface area contributed by atoms with Gasteiger partial charge in [-0.05, 0) is 36.6 Å². The molecule has 0 fully saturated rings. The molecule has 0 spiro atoms. The Hall–Kier alpha value is -1.50. The van der Waals surface area contributed by atoms with Crippen LogP contribution < -0.4 is 0 Å². The van der Waals surface area contributed by atoms with Crippen LogP contribution in [-0.4, -0.2) is 0 Å². The molecule has 1 nitrogen and oxygen atoms in total. The topological polar surface area (TPSA) is 13.1 Å². The Labute approximate surface area is 84.4 Å². The Morgan fingerprint density at radius 1 is 1.14 bits per heavy atom. The van der Waals surface area contributed by atoms with Gasteiger partial charge in [-0.15, -0.1) is 0 Å². The maximum Gasteiger partial charge on any atom is 0.134 e. The zero-order valence-corrected chi connectivity index (χ0v) is 8.58. The van der Waals surface area contributed by atoms with Crippen molar-refractivity contribution in [1.29, 1.82) is 0 Å². The second-order valence-electron chi connectivity index (χ2n) is 3.44. The van der Waals surface area contributed by atoms with Gasteiger partial charge in [-0.25, -0.2) is 0 Å². The van der Waals surface area contributed by atoms with Crippen LogP contribution in [-0.2, 0) is 6.42 Å². The van der Waals surface area contributed by atoms with Crippen LogP contribution in [0.5, 0.6) is 0 Å². The summed E-state index contributed by atoms with van der Waals surface area (Å²) in [6.07, 6.45) is 2.76. The molecule has 0 aliphatic carbocycles. The van der Waals surface area contributed by atoms with Gasteiger partial charge in [-0.3, -0.25) is 0 Å². The van der Waals surface area contributed by atoms with E-state index in [1.807, 2.05) is 12.1 Å². The highest BCUT2D eigenvalue weighted by atomic mass is 16.3. The fourth-order valence-electron chi connectivity index (χ4n) is 1.80. The van der Waals surface area contributed by atoms with Gasteiger partial charge >= 0.3 is 0 Å². The third-order valence-electron chi connectivity index (χ3n) is 2.51. The average molecular weight is 186 g/mol. The Balaban J connectivity index is 2.61. The number of benzene rings is 1. The van der Waals surface area contributed by atoms with Crippen LogP contribution in [0.2, 0.25) is 0 Å². The lowest BCUT2D eigenvalue weighted by Gasteiger charge is -2.08. The van der Waals surface area contributed by atoms with Gasteiger partial charge in [-0.2, -0.15) is 0 Å². The lowest BCUT2D eigenvalue weighted by Crippen LogP contribution is -1.89. The van der Waals surface area contributed by atoms with Crippen molar-refractivity contribution in [3.63, 3.8) is 0 Å². The van der Waals surface area contributed by atoms with Crippen LogP contribution in [0.25, 0.3) is 11.3 Å². The van der Waals surface area contributed by atoms with Crippen molar-refractivity contribution >= 4 is 0 Å². The summed E-state index contributed by atoms with van der Waals surface area (Å²) >= 11 is 0. The van der Waals surface area contributed by atoms with Crippen molar-refractivity contribution in [1.82, 2.24) is 0 Å². The van der Waals surface area contributed by atoms with Crippen molar-refractivity contribution in [3.8, 4) is 11.3 Å². The van der Waals surface area contributed by atoms with Crippen LogP contribution in [0.4, 0.5) is 0 Å². The maximum absolute atomic E-state index is 5.44. The van der Waals surface area contributed by atoms with Crippen molar-refractivity contribution in [2.75, 3.05) is 0 Å². The van der Waals surface area contributed by atoms with Gasteiger partial charge in [0, 0.05) is 5.56 Å². The Morgan fingerprint density at radius 3 is 2.64 bits per heavy atom. The lowest BCUT2D eigenvalue weighted by molar-refractivity contribution is 0.581. The molecule has 1 aromatic carbocycles. The third kappa shape index (κ3) is 1.46. The molecule has 2 aromatic rings. The Bertz CT molecular complexity index is 413. The van der Waals surface area contributed by atoms with Crippen LogP contribution in [0.15, 0.2) is 41.0 Å². The molecule has 0 aliphatic heterocycles. The van der Waals surface area contributed by atoms with Gasteiger partial charge in [0.2, 0.25) is 0 Å². The van der Waals surface area contributed by atoms with Gasteiger partial charge in [0.1, 0.15) is 5.76 Å². The third-order valence-corrected chi connectivity index (χ3v) is 2.51. The molecular weight excluding hydrogens is 172 g/mol. The predicted octanol–water partition coefficient (Wildman–Crippen LogP) is 3.82. The molecule has 0 radical (unpaired) electrons. The summed E-state index contributed by atoms with van der Waals surface area (Å²) in [7, 11) is 0. The highest BCUT2D eigenvalue weighted by Gasteiger charge is 2.08. The van der Waals surface area contributed by atoms with Gasteiger partial charge in [0.15, 0.2) is 0 Å². The van der Waals surface area contributed by atoms with Crippen molar-refractivity contribution < 1.29 is 4.42 Å². The normalized spacial score (nSPS) is 10.4. The molecule has 0 saturated heterocycles. The summed E-state index contributed by atoms with van der Waals surface area (Å²) in [6, 6.07) is 10.3. The van der Waals surface area contributed by atoms with E-state index in [1.54, 1.807) is 6.26 Å². The fraction of sp³-hybridized carbons (Fsp3) is 0.231. The largest absolute Gasteiger partial charge is 0.464 e. The van der Waals surface area contributed by atoms with Crippen molar-refractivity contribution in [3.05, 3.63) is 47.7 Å². The van der Waals surface area contributed by atoms with Crippen molar-refractivity contribution in [2.45, 2.75) is 20.3 Å². The quantitative estimate of drug-likeness (QED) is 0.695. The molecule has 0 atom stereocenters. The molecule has 0 unspecified atom stereocenters. The van der Waals surface area contributed by atoms with Crippen LogP contribution in [0.3, 0.4) is 0 Å². The first-order chi connectivity index (χ1) is 6.83. The summed E-state index contributed by atoms with van der Waals surface area (Å²) in [5.41, 5.74) is 3.87. The van der Waals surface area contributed by atoms with E-state index in [0.29, 0.717) is 0 Å². The smallest absolute Gasteiger partial charge is 0.134 e. The van der Waals surface area contributed by atoms with E-state index < -0.39 is 0 Å². The first-order valence-electron chi connectivity index (χ1n) is 4.95. The van der Waals surface area contributed by atoms with Crippen LogP contribution in [0.1, 0.15) is 18.1 Å². The van der Waals surface area contributed by atoms with E-state index in [1.165, 1.54) is 16.7 Å². The molecular formula is C13H14O. The molecule has 0 amide bonds. The first kappa shape index (κ1) is 9.07. The van der Waals surface area contributed by atoms with Gasteiger partial charge in [-0.1, -0.05) is 25.1 Å². The predicted molar refractivity (Wildman–Crippen MR) is 58.3 cm³/mol. The highest BCUT2D eigenvalue weighted by molar-refractivity contribution is 5.66. The minimum Gasteiger partial charge on any atom is -0.464 e. The summed E-state index contributed by atoms with van der Waals surface area (Å²) in [4.78, 5) is 0. The van der Waals surface area contributed by atoms with E-state index in [0.717, 1.165) is 12.2 Å². The SMILES string of the molecule is CCc1cccc(C)c1-c1ccco1. The zero-order valence-electron chi connectivity index (χ0n) is 8.58. The summed E-state index contributed by atoms with van der Waals surface area (Å²) in [5, 5.41) is 0. The molecule has 1 heterocycles. The summed E-state index contributed by atoms with van der Waals surface area (Å²) in [5.74, 6) is 0.972. The van der Waals surface area contributed by atoms with Gasteiger partial charge in [0.25, 0.3) is 0 Å². The van der Waals surface area contributed by atoms with Crippen molar-refractivity contribution in [2.24, 2.45) is 0 Å². The maximum atomic E-state index is 5.44. The highest BCUT2D eigenvalue weighted by Crippen LogP contribution is 2.27. The lowest BCUT2D eigenvalue weighted by atomic mass is 9.98. The van der Waals surface area contributed by atoms with E-state index in [2.05, 4.69) is 32.0 Å². The van der Waals surface area contributed by atoms with Crippen LogP contribution >= 0.6 is 0 Å². The second-order valence-corrected chi connectivity index (χ2v) is 3.44. The monoisotopic (exact) mass is 186 g/mol. The Morgan fingerprint density at radius 2 is 2.00 bits per heavy atom. The average Bonchev–Trinajstić information content (AvgIpc) is 2.70. The molecule has 0 N–H and O–H groups in total. The standard InChI is InChI=1S/C13H14O/c1-3-11-7-4-6-10(2)13(11)12-8-5-9-14-12/h4-9H,3H2,1-2H3. The minimum atomic E-state index is 0.972. The number of hydrogen-bond acceptors (Lipinski definition) is 1. The number of aryl methyl sites for hydroxylation is 2. The fourth-order valence-corrected chi connectivity index (χ4v) is 1.80. The molecule has 14 heavy (non-hydrogen) atoms. The Kier molecular flexibility index (Phi) is 2.40. The van der Waals surface area contributed by atoms with E-state index >= 15 is 0 Å². The zero-order chi connectivity index (χ0) is 9.97. The van der Waals surface area contributed by atoms with E-state index in [-0.39, 0.29) is 0 Å². The van der Waals surface area contributed by atoms with Crippen LogP contribution in [0, 0.1) is 6.92 Å². The second kappa shape index (κ2) is 3.70.